The Morgan fingerprint density at radius 3 is 2.24 bits per heavy atom. The summed E-state index contributed by atoms with van der Waals surface area (Å²) in [6.07, 6.45) is 2.90. The number of amides is 1. The summed E-state index contributed by atoms with van der Waals surface area (Å²) in [6.45, 7) is 0. The molecule has 4 nitrogen and oxygen atoms in total. The van der Waals surface area contributed by atoms with Gasteiger partial charge in [0, 0.05) is 12.1 Å². The molecule has 0 saturated carbocycles. The van der Waals surface area contributed by atoms with E-state index in [-0.39, 0.29) is 12.4 Å². The minimum atomic E-state index is -0.526. The molecule has 0 atom stereocenters. The van der Waals surface area contributed by atoms with Crippen molar-refractivity contribution in [1.29, 1.82) is 0 Å². The predicted octanol–water partition coefficient (Wildman–Crippen LogP) is -1.28. The normalized spacial score (nSPS) is 8.94. The first-order valence-electron chi connectivity index (χ1n) is 4.85. The van der Waals surface area contributed by atoms with E-state index in [2.05, 4.69) is 5.43 Å². The Kier molecular flexibility index (Phi) is 4.97. The number of carbonyl (C=O) groups excluding carboxylic acids is 1. The molecular formula is C12H11ClN2O2. The van der Waals surface area contributed by atoms with Crippen LogP contribution in [0.15, 0.2) is 60.9 Å². The highest BCUT2D eigenvalue weighted by molar-refractivity contribution is 5.76. The minimum Gasteiger partial charge on any atom is -1.00 e. The molecule has 88 valence electrons. The smallest absolute Gasteiger partial charge is 0.466 e. The van der Waals surface area contributed by atoms with E-state index >= 15 is 0 Å². The lowest BCUT2D eigenvalue weighted by molar-refractivity contribution is -0.642. The second kappa shape index (κ2) is 6.50. The molecular weight excluding hydrogens is 240 g/mol. The van der Waals surface area contributed by atoms with Crippen molar-refractivity contribution in [2.24, 2.45) is 0 Å². The number of nitrogens with zero attached hydrogens (tertiary/aromatic N) is 1. The molecule has 5 heteroatoms. The molecule has 1 amide bonds. The van der Waals surface area contributed by atoms with E-state index in [0.717, 1.165) is 0 Å². The standard InChI is InChI=1S/C12H10N2O2.ClH/c15-12(13-14-9-5-2-6-10-14)16-11-7-3-1-4-8-11;/h1-10H;1H. The van der Waals surface area contributed by atoms with Gasteiger partial charge in [-0.3, -0.25) is 0 Å². The fourth-order valence-corrected chi connectivity index (χ4v) is 1.20. The Labute approximate surface area is 105 Å². The maximum Gasteiger partial charge on any atom is 0.466 e. The van der Waals surface area contributed by atoms with Crippen LogP contribution < -0.4 is 27.2 Å². The SMILES string of the molecule is O=C(N[n+]1ccccc1)Oc1ccccc1.[Cl-]. The van der Waals surface area contributed by atoms with Gasteiger partial charge in [0.1, 0.15) is 5.75 Å². The lowest BCUT2D eigenvalue weighted by Crippen LogP contribution is -3.00. The van der Waals surface area contributed by atoms with Crippen molar-refractivity contribution in [3.63, 3.8) is 0 Å². The summed E-state index contributed by atoms with van der Waals surface area (Å²) in [5.74, 6) is 0.511. The molecule has 1 N–H and O–H groups in total. The quantitative estimate of drug-likeness (QED) is 0.675. The van der Waals surface area contributed by atoms with Gasteiger partial charge in [-0.25, -0.2) is 4.79 Å². The predicted molar refractivity (Wildman–Crippen MR) is 58.5 cm³/mol. The maximum absolute atomic E-state index is 11.4. The fraction of sp³-hybridized carbons (Fsp3) is 0. The fourth-order valence-electron chi connectivity index (χ4n) is 1.20. The molecule has 0 unspecified atom stereocenters. The molecule has 1 aromatic heterocycles. The zero-order valence-electron chi connectivity index (χ0n) is 8.92. The van der Waals surface area contributed by atoms with Crippen LogP contribution in [0.5, 0.6) is 5.75 Å². The van der Waals surface area contributed by atoms with Crippen LogP contribution in [0.3, 0.4) is 0 Å². The Hall–Kier alpha value is -2.07. The van der Waals surface area contributed by atoms with Gasteiger partial charge >= 0.3 is 6.09 Å². The third-order valence-corrected chi connectivity index (χ3v) is 1.89. The topological polar surface area (TPSA) is 42.2 Å². The highest BCUT2D eigenvalue weighted by atomic mass is 35.5. The molecule has 0 fully saturated rings. The van der Waals surface area contributed by atoms with Crippen molar-refractivity contribution in [2.45, 2.75) is 0 Å². The Morgan fingerprint density at radius 1 is 1.00 bits per heavy atom. The summed E-state index contributed by atoms with van der Waals surface area (Å²) in [7, 11) is 0. The number of para-hydroxylation sites is 1. The molecule has 0 aliphatic rings. The van der Waals surface area contributed by atoms with Crippen LogP contribution >= 0.6 is 0 Å². The number of pyridine rings is 1. The third kappa shape index (κ3) is 4.12. The Balaban J connectivity index is 0.00000144. The van der Waals surface area contributed by atoms with Gasteiger partial charge in [-0.05, 0) is 12.1 Å². The Bertz CT molecular complexity index is 419. The zero-order chi connectivity index (χ0) is 11.2. The molecule has 2 aromatic rings. The van der Waals surface area contributed by atoms with Gasteiger partial charge in [-0.2, -0.15) is 0 Å². The van der Waals surface area contributed by atoms with Crippen molar-refractivity contribution in [2.75, 3.05) is 5.43 Å². The first-order valence-corrected chi connectivity index (χ1v) is 4.85. The lowest BCUT2D eigenvalue weighted by atomic mass is 10.3. The van der Waals surface area contributed by atoms with Crippen LogP contribution in [0.2, 0.25) is 0 Å². The largest absolute Gasteiger partial charge is 1.00 e. The number of hydrogen-bond acceptors (Lipinski definition) is 2. The van der Waals surface area contributed by atoms with Gasteiger partial charge in [0.25, 0.3) is 0 Å². The van der Waals surface area contributed by atoms with E-state index in [1.165, 1.54) is 4.68 Å². The van der Waals surface area contributed by atoms with Crippen LogP contribution in [0, 0.1) is 0 Å². The molecule has 1 aromatic carbocycles. The molecule has 0 spiro atoms. The van der Waals surface area contributed by atoms with E-state index in [1.54, 1.807) is 36.7 Å². The van der Waals surface area contributed by atoms with Gasteiger partial charge in [0.2, 0.25) is 0 Å². The highest BCUT2D eigenvalue weighted by Gasteiger charge is 2.08. The van der Waals surface area contributed by atoms with E-state index in [4.69, 9.17) is 4.74 Å². The summed E-state index contributed by atoms with van der Waals surface area (Å²) < 4.78 is 6.57. The average Bonchev–Trinajstić information content (AvgIpc) is 2.31. The number of aromatic nitrogens is 1. The van der Waals surface area contributed by atoms with E-state index < -0.39 is 6.09 Å². The summed E-state index contributed by atoms with van der Waals surface area (Å²) >= 11 is 0. The minimum absolute atomic E-state index is 0. The number of nitrogens with one attached hydrogen (secondary N) is 1. The van der Waals surface area contributed by atoms with Crippen molar-refractivity contribution >= 4 is 6.09 Å². The Morgan fingerprint density at radius 2 is 1.59 bits per heavy atom. The molecule has 0 radical (unpaired) electrons. The molecule has 2 rings (SSSR count). The van der Waals surface area contributed by atoms with Crippen molar-refractivity contribution < 1.29 is 26.6 Å². The van der Waals surface area contributed by atoms with Gasteiger partial charge in [-0.1, -0.05) is 34.4 Å². The van der Waals surface area contributed by atoms with Crippen LogP contribution in [-0.4, -0.2) is 6.09 Å². The van der Waals surface area contributed by atoms with Crippen molar-refractivity contribution in [1.82, 2.24) is 0 Å². The monoisotopic (exact) mass is 250 g/mol. The lowest BCUT2D eigenvalue weighted by Gasteiger charge is -2.01. The number of hydrogen-bond donors (Lipinski definition) is 1. The molecule has 0 bridgehead atoms. The first kappa shape index (κ1) is 13.0. The summed E-state index contributed by atoms with van der Waals surface area (Å²) in [5, 5.41) is 0. The van der Waals surface area contributed by atoms with Crippen molar-refractivity contribution in [3.05, 3.63) is 60.9 Å². The molecule has 0 saturated heterocycles. The van der Waals surface area contributed by atoms with E-state index in [9.17, 15) is 4.79 Å². The van der Waals surface area contributed by atoms with Crippen LogP contribution in [0.1, 0.15) is 0 Å². The highest BCUT2D eigenvalue weighted by Crippen LogP contribution is 2.07. The molecule has 0 aliphatic heterocycles. The molecule has 17 heavy (non-hydrogen) atoms. The van der Waals surface area contributed by atoms with Crippen molar-refractivity contribution in [3.8, 4) is 5.75 Å². The zero-order valence-corrected chi connectivity index (χ0v) is 9.67. The average molecular weight is 251 g/mol. The second-order valence-electron chi connectivity index (χ2n) is 3.10. The number of halogens is 1. The van der Waals surface area contributed by atoms with E-state index in [1.807, 2.05) is 24.3 Å². The first-order chi connectivity index (χ1) is 7.84. The van der Waals surface area contributed by atoms with Gasteiger partial charge in [-0.15, -0.1) is 0 Å². The van der Waals surface area contributed by atoms with Crippen LogP contribution in [0.25, 0.3) is 0 Å². The molecule has 1 heterocycles. The second-order valence-corrected chi connectivity index (χ2v) is 3.10. The van der Waals surface area contributed by atoms with Gasteiger partial charge < -0.3 is 17.1 Å². The maximum atomic E-state index is 11.4. The summed E-state index contributed by atoms with van der Waals surface area (Å²) in [6, 6.07) is 14.4. The number of ether oxygens (including phenoxy) is 1. The third-order valence-electron chi connectivity index (χ3n) is 1.89. The van der Waals surface area contributed by atoms with Gasteiger partial charge in [0.05, 0.1) is 0 Å². The summed E-state index contributed by atoms with van der Waals surface area (Å²) in [5.41, 5.74) is 2.55. The van der Waals surface area contributed by atoms with Crippen LogP contribution in [-0.2, 0) is 0 Å². The summed E-state index contributed by atoms with van der Waals surface area (Å²) in [4.78, 5) is 11.4. The number of carbonyl (C=O) groups is 1. The van der Waals surface area contributed by atoms with Crippen LogP contribution in [0.4, 0.5) is 4.79 Å². The number of rotatable bonds is 2. The number of benzene rings is 1. The van der Waals surface area contributed by atoms with Gasteiger partial charge in [0.15, 0.2) is 12.4 Å². The molecule has 0 aliphatic carbocycles. The van der Waals surface area contributed by atoms with E-state index in [0.29, 0.717) is 5.75 Å².